The molecule has 7 nitrogen and oxygen atoms in total. The third-order valence-electron chi connectivity index (χ3n) is 2.99. The molecule has 0 saturated carbocycles. The highest BCUT2D eigenvalue weighted by molar-refractivity contribution is 8.00. The van der Waals surface area contributed by atoms with Crippen molar-refractivity contribution in [3.63, 3.8) is 0 Å². The number of thioether (sulfide) groups is 1. The number of nitro groups is 1. The molecule has 1 atom stereocenters. The lowest BCUT2D eigenvalue weighted by atomic mass is 10.3. The summed E-state index contributed by atoms with van der Waals surface area (Å²) in [6.07, 6.45) is 0. The Morgan fingerprint density at radius 3 is 2.80 bits per heavy atom. The van der Waals surface area contributed by atoms with Gasteiger partial charge in [-0.25, -0.2) is 8.42 Å². The Bertz CT molecular complexity index is 632. The summed E-state index contributed by atoms with van der Waals surface area (Å²) < 4.78 is 26.2. The molecule has 0 bridgehead atoms. The minimum atomic E-state index is -3.76. The molecule has 110 valence electrons. The molecule has 1 aliphatic heterocycles. The Balaban J connectivity index is 2.39. The number of hydrogen-bond acceptors (Lipinski definition) is 6. The predicted molar refractivity (Wildman–Crippen MR) is 75.4 cm³/mol. The van der Waals surface area contributed by atoms with Crippen LogP contribution in [-0.4, -0.2) is 46.8 Å². The molecule has 1 aromatic rings. The van der Waals surface area contributed by atoms with Gasteiger partial charge in [-0.2, -0.15) is 16.1 Å². The first-order chi connectivity index (χ1) is 9.32. The molecule has 1 N–H and O–H groups in total. The van der Waals surface area contributed by atoms with Crippen LogP contribution in [0.5, 0.6) is 5.75 Å². The van der Waals surface area contributed by atoms with Crippen LogP contribution in [0.25, 0.3) is 0 Å². The minimum Gasteiger partial charge on any atom is -0.502 e. The van der Waals surface area contributed by atoms with Gasteiger partial charge in [0.1, 0.15) is 0 Å². The van der Waals surface area contributed by atoms with Crippen LogP contribution in [-0.2, 0) is 10.0 Å². The van der Waals surface area contributed by atoms with Crippen molar-refractivity contribution in [3.05, 3.63) is 28.3 Å². The second-order valence-corrected chi connectivity index (χ2v) is 7.94. The number of sulfonamides is 1. The topological polar surface area (TPSA) is 101 Å². The number of nitro benzene ring substituents is 1. The van der Waals surface area contributed by atoms with E-state index in [2.05, 4.69) is 0 Å². The van der Waals surface area contributed by atoms with Crippen molar-refractivity contribution in [2.75, 3.05) is 18.8 Å². The van der Waals surface area contributed by atoms with Crippen LogP contribution in [0.1, 0.15) is 6.92 Å². The highest BCUT2D eigenvalue weighted by Crippen LogP contribution is 2.31. The first-order valence-electron chi connectivity index (χ1n) is 5.91. The van der Waals surface area contributed by atoms with E-state index in [0.717, 1.165) is 12.1 Å². The fraction of sp³-hybridized carbons (Fsp3) is 0.455. The summed E-state index contributed by atoms with van der Waals surface area (Å²) in [5, 5.41) is 20.3. The van der Waals surface area contributed by atoms with Crippen LogP contribution < -0.4 is 0 Å². The van der Waals surface area contributed by atoms with Crippen LogP contribution in [0.3, 0.4) is 0 Å². The molecule has 0 aliphatic carbocycles. The molecular formula is C11H14N2O5S2. The van der Waals surface area contributed by atoms with E-state index in [1.807, 2.05) is 6.92 Å². The summed E-state index contributed by atoms with van der Waals surface area (Å²) in [7, 11) is -3.76. The van der Waals surface area contributed by atoms with Crippen molar-refractivity contribution in [2.45, 2.75) is 17.1 Å². The van der Waals surface area contributed by atoms with Gasteiger partial charge >= 0.3 is 5.69 Å². The minimum absolute atomic E-state index is 0.166. The Hall–Kier alpha value is -1.32. The van der Waals surface area contributed by atoms with Crippen molar-refractivity contribution in [3.8, 4) is 5.75 Å². The van der Waals surface area contributed by atoms with Crippen LogP contribution in [0.15, 0.2) is 23.1 Å². The summed E-state index contributed by atoms with van der Waals surface area (Å²) >= 11 is 1.69. The highest BCUT2D eigenvalue weighted by Gasteiger charge is 2.30. The van der Waals surface area contributed by atoms with Crippen LogP contribution in [0, 0.1) is 10.1 Å². The van der Waals surface area contributed by atoms with Gasteiger partial charge in [0.05, 0.1) is 9.82 Å². The van der Waals surface area contributed by atoms with Crippen molar-refractivity contribution < 1.29 is 18.4 Å². The molecule has 20 heavy (non-hydrogen) atoms. The van der Waals surface area contributed by atoms with Gasteiger partial charge in [-0.05, 0) is 12.1 Å². The third-order valence-corrected chi connectivity index (χ3v) is 5.98. The molecule has 1 saturated heterocycles. The number of phenolic OH excluding ortho intramolecular Hbond substituents is 1. The molecule has 1 aliphatic rings. The molecule has 1 heterocycles. The largest absolute Gasteiger partial charge is 0.502 e. The first kappa shape index (κ1) is 15.1. The molecule has 9 heteroatoms. The van der Waals surface area contributed by atoms with Gasteiger partial charge < -0.3 is 5.11 Å². The molecule has 0 radical (unpaired) electrons. The zero-order valence-corrected chi connectivity index (χ0v) is 12.4. The lowest BCUT2D eigenvalue weighted by molar-refractivity contribution is -0.386. The normalized spacial score (nSPS) is 20.8. The maximum Gasteiger partial charge on any atom is 0.312 e. The van der Waals surface area contributed by atoms with Gasteiger partial charge in [0, 0.05) is 30.2 Å². The van der Waals surface area contributed by atoms with Crippen molar-refractivity contribution in [1.82, 2.24) is 4.31 Å². The third kappa shape index (κ3) is 2.89. The maximum absolute atomic E-state index is 12.4. The van der Waals surface area contributed by atoms with Crippen LogP contribution >= 0.6 is 11.8 Å². The van der Waals surface area contributed by atoms with E-state index in [4.69, 9.17) is 0 Å². The molecule has 1 fully saturated rings. The lowest BCUT2D eigenvalue weighted by Gasteiger charge is -2.29. The summed E-state index contributed by atoms with van der Waals surface area (Å²) in [6.45, 7) is 2.69. The van der Waals surface area contributed by atoms with Gasteiger partial charge in [0.25, 0.3) is 0 Å². The van der Waals surface area contributed by atoms with Gasteiger partial charge in [0.15, 0.2) is 5.75 Å². The smallest absolute Gasteiger partial charge is 0.312 e. The summed E-state index contributed by atoms with van der Waals surface area (Å²) in [5.41, 5.74) is -0.606. The second-order valence-electron chi connectivity index (χ2n) is 4.45. The van der Waals surface area contributed by atoms with E-state index < -0.39 is 26.4 Å². The monoisotopic (exact) mass is 318 g/mol. The Morgan fingerprint density at radius 1 is 1.50 bits per heavy atom. The number of phenols is 1. The quantitative estimate of drug-likeness (QED) is 0.668. The molecule has 2 rings (SSSR count). The second kappa shape index (κ2) is 5.58. The van der Waals surface area contributed by atoms with Crippen LogP contribution in [0.4, 0.5) is 5.69 Å². The van der Waals surface area contributed by atoms with Crippen LogP contribution in [0.2, 0.25) is 0 Å². The first-order valence-corrected chi connectivity index (χ1v) is 8.40. The van der Waals surface area contributed by atoms with Gasteiger partial charge in [-0.3, -0.25) is 10.1 Å². The van der Waals surface area contributed by atoms with Gasteiger partial charge in [-0.1, -0.05) is 6.92 Å². The molecule has 0 aromatic heterocycles. The molecule has 1 aromatic carbocycles. The highest BCUT2D eigenvalue weighted by atomic mass is 32.2. The molecule has 0 spiro atoms. The average Bonchev–Trinajstić information content (AvgIpc) is 2.38. The molecule has 0 amide bonds. The zero-order chi connectivity index (χ0) is 14.9. The van der Waals surface area contributed by atoms with E-state index in [1.165, 1.54) is 10.4 Å². The van der Waals surface area contributed by atoms with E-state index in [-0.39, 0.29) is 10.1 Å². The maximum atomic E-state index is 12.4. The van der Waals surface area contributed by atoms with Gasteiger partial charge in [-0.15, -0.1) is 0 Å². The lowest BCUT2D eigenvalue weighted by Crippen LogP contribution is -2.40. The van der Waals surface area contributed by atoms with Gasteiger partial charge in [0.2, 0.25) is 10.0 Å². The number of nitrogens with zero attached hydrogens (tertiary/aromatic N) is 2. The standard InChI is InChI=1S/C11H14N2O5S2/c1-8-7-12(4-5-19-8)20(17,18)9-2-3-11(14)10(6-9)13(15)16/h2-3,6,8,14H,4-5,7H2,1H3. The number of hydrogen-bond donors (Lipinski definition) is 1. The Kier molecular flexibility index (Phi) is 4.21. The van der Waals surface area contributed by atoms with Crippen molar-refractivity contribution in [2.24, 2.45) is 0 Å². The SMILES string of the molecule is CC1CN(S(=O)(=O)c2ccc(O)c([N+](=O)[O-])c2)CCS1. The number of rotatable bonds is 3. The average molecular weight is 318 g/mol. The summed E-state index contributed by atoms with van der Waals surface area (Å²) in [4.78, 5) is 9.79. The summed E-state index contributed by atoms with van der Waals surface area (Å²) in [5.74, 6) is 0.150. The van der Waals surface area contributed by atoms with Crippen molar-refractivity contribution >= 4 is 27.5 Å². The zero-order valence-electron chi connectivity index (χ0n) is 10.7. The van der Waals surface area contributed by atoms with E-state index in [9.17, 15) is 23.6 Å². The van der Waals surface area contributed by atoms with E-state index in [1.54, 1.807) is 11.8 Å². The molecular weight excluding hydrogens is 304 g/mol. The fourth-order valence-corrected chi connectivity index (χ4v) is 4.74. The van der Waals surface area contributed by atoms with E-state index >= 15 is 0 Å². The van der Waals surface area contributed by atoms with Crippen molar-refractivity contribution in [1.29, 1.82) is 0 Å². The number of aromatic hydroxyl groups is 1. The summed E-state index contributed by atoms with van der Waals surface area (Å²) in [6, 6.07) is 3.12. The molecule has 1 unspecified atom stereocenters. The Morgan fingerprint density at radius 2 is 2.20 bits per heavy atom. The van der Waals surface area contributed by atoms with E-state index in [0.29, 0.717) is 18.8 Å². The number of benzene rings is 1. The Labute approximate surface area is 120 Å². The predicted octanol–water partition coefficient (Wildman–Crippen LogP) is 1.43. The fourth-order valence-electron chi connectivity index (χ4n) is 1.96.